The van der Waals surface area contributed by atoms with Gasteiger partial charge in [-0.25, -0.2) is 0 Å². The Morgan fingerprint density at radius 2 is 0.839 bits per heavy atom. The molecule has 62 heavy (non-hydrogen) atoms. The number of benzene rings is 10. The molecule has 0 fully saturated rings. The van der Waals surface area contributed by atoms with E-state index in [1.807, 2.05) is 24.3 Å². The second-order valence-electron chi connectivity index (χ2n) is 16.0. The van der Waals surface area contributed by atoms with Crippen LogP contribution < -0.4 is 4.90 Å². The minimum absolute atomic E-state index is 0.896. The van der Waals surface area contributed by atoms with Crippen LogP contribution in [0.3, 0.4) is 0 Å². The van der Waals surface area contributed by atoms with Crippen molar-refractivity contribution in [2.24, 2.45) is 0 Å². The molecule has 10 aromatic carbocycles. The average molecular weight is 793 g/mol. The Morgan fingerprint density at radius 1 is 0.355 bits per heavy atom. The molecule has 0 N–H and O–H groups in total. The molecule has 0 saturated heterocycles. The van der Waals surface area contributed by atoms with Crippen LogP contribution in [0.2, 0.25) is 0 Å². The van der Waals surface area contributed by atoms with Crippen LogP contribution in [-0.2, 0) is 0 Å². The van der Waals surface area contributed by atoms with Gasteiger partial charge in [-0.05, 0) is 77.2 Å². The number of furan rings is 2. The minimum Gasteiger partial charge on any atom is -0.455 e. The highest BCUT2D eigenvalue weighted by Crippen LogP contribution is 2.49. The van der Waals surface area contributed by atoms with Gasteiger partial charge in [-0.15, -0.1) is 0 Å². The summed E-state index contributed by atoms with van der Waals surface area (Å²) in [5, 5.41) is 9.22. The molecule has 0 saturated carbocycles. The fourth-order valence-electron chi connectivity index (χ4n) is 9.79. The van der Waals surface area contributed by atoms with Gasteiger partial charge in [0, 0.05) is 65.9 Å². The van der Waals surface area contributed by atoms with Gasteiger partial charge in [-0.1, -0.05) is 158 Å². The highest BCUT2D eigenvalue weighted by Gasteiger charge is 2.25. The predicted octanol–water partition coefficient (Wildman–Crippen LogP) is 16.5. The molecular formula is C58H36N2O2. The minimum atomic E-state index is 0.896. The summed E-state index contributed by atoms with van der Waals surface area (Å²) >= 11 is 0. The number of anilines is 3. The Kier molecular flexibility index (Phi) is 7.57. The average Bonchev–Trinajstić information content (AvgIpc) is 4.02. The first kappa shape index (κ1) is 34.5. The lowest BCUT2D eigenvalue weighted by molar-refractivity contribution is 0.669. The summed E-state index contributed by atoms with van der Waals surface area (Å²) in [5.41, 5.74) is 14.6. The van der Waals surface area contributed by atoms with E-state index >= 15 is 0 Å². The molecule has 0 radical (unpaired) electrons. The Labute approximate surface area is 356 Å². The fraction of sp³-hybridized carbons (Fsp3) is 0. The second kappa shape index (κ2) is 13.6. The Hall–Kier alpha value is -8.34. The van der Waals surface area contributed by atoms with Crippen molar-refractivity contribution in [3.8, 4) is 27.9 Å². The number of hydrogen-bond acceptors (Lipinski definition) is 3. The third-order valence-electron chi connectivity index (χ3n) is 12.6. The lowest BCUT2D eigenvalue weighted by Gasteiger charge is -2.28. The smallest absolute Gasteiger partial charge is 0.143 e. The van der Waals surface area contributed by atoms with Crippen LogP contribution in [0.4, 0.5) is 17.1 Å². The summed E-state index contributed by atoms with van der Waals surface area (Å²) in [6, 6.07) is 78.0. The third kappa shape index (κ3) is 5.20. The van der Waals surface area contributed by atoms with Gasteiger partial charge in [-0.3, -0.25) is 0 Å². The van der Waals surface area contributed by atoms with Crippen molar-refractivity contribution in [3.05, 3.63) is 218 Å². The van der Waals surface area contributed by atoms with E-state index in [2.05, 4.69) is 204 Å². The zero-order valence-electron chi connectivity index (χ0n) is 33.5. The molecule has 4 heteroatoms. The van der Waals surface area contributed by atoms with Crippen LogP contribution >= 0.6 is 0 Å². The van der Waals surface area contributed by atoms with Gasteiger partial charge in [0.1, 0.15) is 22.3 Å². The Bertz CT molecular complexity index is 3700. The molecule has 0 aliphatic rings. The Balaban J connectivity index is 1.05. The van der Waals surface area contributed by atoms with Crippen molar-refractivity contribution >= 4 is 93.5 Å². The first-order valence-corrected chi connectivity index (χ1v) is 21.1. The highest BCUT2D eigenvalue weighted by atomic mass is 16.3. The van der Waals surface area contributed by atoms with Gasteiger partial charge < -0.3 is 18.3 Å². The van der Waals surface area contributed by atoms with Crippen molar-refractivity contribution < 1.29 is 8.83 Å². The monoisotopic (exact) mass is 792 g/mol. The summed E-state index contributed by atoms with van der Waals surface area (Å²) in [6.07, 6.45) is 0. The summed E-state index contributed by atoms with van der Waals surface area (Å²) in [4.78, 5) is 2.45. The zero-order valence-corrected chi connectivity index (χ0v) is 33.5. The number of para-hydroxylation sites is 6. The largest absolute Gasteiger partial charge is 0.455 e. The Morgan fingerprint density at radius 3 is 1.44 bits per heavy atom. The third-order valence-corrected chi connectivity index (χ3v) is 12.6. The van der Waals surface area contributed by atoms with E-state index in [1.165, 1.54) is 21.5 Å². The number of fused-ring (bicyclic) bond motifs is 10. The molecule has 0 aliphatic carbocycles. The molecule has 0 spiro atoms. The number of nitrogens with zero attached hydrogens (tertiary/aromatic N) is 2. The molecule has 13 aromatic rings. The van der Waals surface area contributed by atoms with Crippen LogP contribution in [0.5, 0.6) is 0 Å². The van der Waals surface area contributed by atoms with Crippen LogP contribution in [0.15, 0.2) is 227 Å². The number of rotatable bonds is 6. The fourth-order valence-corrected chi connectivity index (χ4v) is 9.79. The SMILES string of the molecule is c1ccc(-n2c3ccccc3c3c(N(c4ccc(-c5cccc6c5oc5ccccc56)cc4)c4ccc(-c5cccc6c5oc5ccccc56)cc4)c4ccccc4cc32)cc1. The van der Waals surface area contributed by atoms with E-state index in [0.29, 0.717) is 0 Å². The van der Waals surface area contributed by atoms with Crippen molar-refractivity contribution in [3.63, 3.8) is 0 Å². The molecule has 3 aromatic heterocycles. The van der Waals surface area contributed by atoms with Gasteiger partial charge in [0.2, 0.25) is 0 Å². The quantitative estimate of drug-likeness (QED) is 0.168. The standard InChI is InChI=1S/C58H36N2O2/c1-2-15-40(16-3-1)60-51-25-9-6-20-50(51)55-52(60)36-39-14-4-5-17-43(39)56(55)59(41-32-28-37(29-33-41)44-21-12-23-48-46-18-7-10-26-53(46)61-57(44)48)42-34-30-38(31-35-42)45-22-13-24-49-47-19-8-11-27-54(47)62-58(45)49/h1-36H. The maximum Gasteiger partial charge on any atom is 0.143 e. The van der Waals surface area contributed by atoms with Crippen molar-refractivity contribution in [2.75, 3.05) is 4.90 Å². The van der Waals surface area contributed by atoms with Gasteiger partial charge in [0.15, 0.2) is 0 Å². The number of hydrogen-bond donors (Lipinski definition) is 0. The van der Waals surface area contributed by atoms with Crippen LogP contribution in [0.1, 0.15) is 0 Å². The maximum atomic E-state index is 6.50. The lowest BCUT2D eigenvalue weighted by atomic mass is 9.98. The predicted molar refractivity (Wildman–Crippen MR) is 258 cm³/mol. The lowest BCUT2D eigenvalue weighted by Crippen LogP contribution is -2.11. The van der Waals surface area contributed by atoms with Crippen molar-refractivity contribution in [1.29, 1.82) is 0 Å². The second-order valence-corrected chi connectivity index (χ2v) is 16.0. The van der Waals surface area contributed by atoms with Gasteiger partial charge in [0.05, 0.1) is 16.7 Å². The summed E-state index contributed by atoms with van der Waals surface area (Å²) in [6.45, 7) is 0. The molecule has 0 atom stereocenters. The summed E-state index contributed by atoms with van der Waals surface area (Å²) < 4.78 is 15.4. The topological polar surface area (TPSA) is 34.5 Å². The van der Waals surface area contributed by atoms with Crippen LogP contribution in [0.25, 0.3) is 104 Å². The molecule has 290 valence electrons. The van der Waals surface area contributed by atoms with Crippen LogP contribution in [0, 0.1) is 0 Å². The van der Waals surface area contributed by atoms with E-state index in [0.717, 1.165) is 99.9 Å². The summed E-state index contributed by atoms with van der Waals surface area (Å²) in [5.74, 6) is 0. The van der Waals surface area contributed by atoms with Crippen molar-refractivity contribution in [1.82, 2.24) is 4.57 Å². The van der Waals surface area contributed by atoms with E-state index in [9.17, 15) is 0 Å². The van der Waals surface area contributed by atoms with E-state index in [4.69, 9.17) is 8.83 Å². The molecule has 0 aliphatic heterocycles. The first-order chi connectivity index (χ1) is 30.8. The number of aromatic nitrogens is 1. The molecule has 13 rings (SSSR count). The zero-order chi connectivity index (χ0) is 40.7. The highest BCUT2D eigenvalue weighted by molar-refractivity contribution is 6.24. The first-order valence-electron chi connectivity index (χ1n) is 21.1. The molecule has 4 nitrogen and oxygen atoms in total. The molecule has 0 amide bonds. The van der Waals surface area contributed by atoms with E-state index in [1.54, 1.807) is 0 Å². The van der Waals surface area contributed by atoms with E-state index < -0.39 is 0 Å². The van der Waals surface area contributed by atoms with Gasteiger partial charge in [0.25, 0.3) is 0 Å². The summed E-state index contributed by atoms with van der Waals surface area (Å²) in [7, 11) is 0. The van der Waals surface area contributed by atoms with Gasteiger partial charge in [-0.2, -0.15) is 0 Å². The molecule has 0 unspecified atom stereocenters. The van der Waals surface area contributed by atoms with Gasteiger partial charge >= 0.3 is 0 Å². The maximum absolute atomic E-state index is 6.50. The van der Waals surface area contributed by atoms with Crippen LogP contribution in [-0.4, -0.2) is 4.57 Å². The van der Waals surface area contributed by atoms with Crippen molar-refractivity contribution in [2.45, 2.75) is 0 Å². The molecular weight excluding hydrogens is 757 g/mol. The van der Waals surface area contributed by atoms with E-state index in [-0.39, 0.29) is 0 Å². The molecule has 0 bridgehead atoms. The normalized spacial score (nSPS) is 11.9. The molecule has 3 heterocycles.